The van der Waals surface area contributed by atoms with Crippen molar-refractivity contribution < 1.29 is 14.6 Å². The summed E-state index contributed by atoms with van der Waals surface area (Å²) in [5, 5.41) is 8.42. The fourth-order valence-corrected chi connectivity index (χ4v) is 0.762. The molecule has 1 aliphatic heterocycles. The highest BCUT2D eigenvalue weighted by Gasteiger charge is 2.26. The summed E-state index contributed by atoms with van der Waals surface area (Å²) in [5.74, 6) is -0.894. The van der Waals surface area contributed by atoms with E-state index in [2.05, 4.69) is 0 Å². The molecule has 0 radical (unpaired) electrons. The Morgan fingerprint density at radius 3 is 2.67 bits per heavy atom. The number of aliphatic carboxylic acids is 1. The SMILES string of the molecule is CC1C=COC1C(=O)O. The van der Waals surface area contributed by atoms with Crippen molar-refractivity contribution in [1.82, 2.24) is 0 Å². The second-order valence-electron chi connectivity index (χ2n) is 2.08. The molecule has 1 heterocycles. The molecular weight excluding hydrogens is 120 g/mol. The summed E-state index contributed by atoms with van der Waals surface area (Å²) in [6.07, 6.45) is 2.51. The molecule has 3 heteroatoms. The maximum atomic E-state index is 10.2. The molecule has 1 aliphatic rings. The lowest BCUT2D eigenvalue weighted by molar-refractivity contribution is -0.147. The van der Waals surface area contributed by atoms with Crippen molar-refractivity contribution in [3.63, 3.8) is 0 Å². The van der Waals surface area contributed by atoms with Gasteiger partial charge in [0.1, 0.15) is 0 Å². The van der Waals surface area contributed by atoms with Gasteiger partial charge in [0.25, 0.3) is 0 Å². The fraction of sp³-hybridized carbons (Fsp3) is 0.500. The Bertz CT molecular complexity index is 150. The van der Waals surface area contributed by atoms with Crippen molar-refractivity contribution in [2.45, 2.75) is 13.0 Å². The smallest absolute Gasteiger partial charge is 0.345 e. The lowest BCUT2D eigenvalue weighted by Gasteiger charge is -2.07. The van der Waals surface area contributed by atoms with Crippen LogP contribution in [0.4, 0.5) is 0 Å². The molecule has 0 spiro atoms. The minimum Gasteiger partial charge on any atom is -0.486 e. The predicted molar refractivity (Wildman–Crippen MR) is 30.8 cm³/mol. The van der Waals surface area contributed by atoms with E-state index < -0.39 is 12.1 Å². The molecule has 0 saturated heterocycles. The third-order valence-corrected chi connectivity index (χ3v) is 1.33. The first-order chi connectivity index (χ1) is 4.22. The Morgan fingerprint density at radius 1 is 1.78 bits per heavy atom. The van der Waals surface area contributed by atoms with Crippen LogP contribution < -0.4 is 0 Å². The molecule has 0 saturated carbocycles. The summed E-state index contributed by atoms with van der Waals surface area (Å²) < 4.78 is 4.75. The van der Waals surface area contributed by atoms with Crippen molar-refractivity contribution in [3.8, 4) is 0 Å². The van der Waals surface area contributed by atoms with Crippen molar-refractivity contribution >= 4 is 5.97 Å². The summed E-state index contributed by atoms with van der Waals surface area (Å²) in [4.78, 5) is 10.2. The highest BCUT2D eigenvalue weighted by molar-refractivity contribution is 5.73. The Labute approximate surface area is 52.9 Å². The molecule has 2 atom stereocenters. The number of carboxylic acids is 1. The summed E-state index contributed by atoms with van der Waals surface area (Å²) in [6, 6.07) is 0. The van der Waals surface area contributed by atoms with Gasteiger partial charge in [-0.25, -0.2) is 4.79 Å². The molecule has 1 rings (SSSR count). The Hall–Kier alpha value is -0.990. The van der Waals surface area contributed by atoms with Gasteiger partial charge in [0.15, 0.2) is 0 Å². The van der Waals surface area contributed by atoms with Gasteiger partial charge in [-0.2, -0.15) is 0 Å². The van der Waals surface area contributed by atoms with Crippen LogP contribution in [-0.4, -0.2) is 17.2 Å². The van der Waals surface area contributed by atoms with Crippen molar-refractivity contribution in [2.75, 3.05) is 0 Å². The average Bonchev–Trinajstić information content (AvgIpc) is 2.13. The van der Waals surface area contributed by atoms with Gasteiger partial charge in [-0.3, -0.25) is 0 Å². The molecule has 0 aromatic heterocycles. The zero-order chi connectivity index (χ0) is 6.85. The van der Waals surface area contributed by atoms with Gasteiger partial charge >= 0.3 is 5.97 Å². The molecule has 0 aliphatic carbocycles. The summed E-state index contributed by atoms with van der Waals surface area (Å²) >= 11 is 0. The van der Waals surface area contributed by atoms with Gasteiger partial charge in [-0.1, -0.05) is 6.92 Å². The second-order valence-corrected chi connectivity index (χ2v) is 2.08. The number of carbonyl (C=O) groups is 1. The van der Waals surface area contributed by atoms with Crippen LogP contribution in [0.15, 0.2) is 12.3 Å². The van der Waals surface area contributed by atoms with Gasteiger partial charge in [0.2, 0.25) is 6.10 Å². The molecule has 3 nitrogen and oxygen atoms in total. The van der Waals surface area contributed by atoms with Crippen LogP contribution >= 0.6 is 0 Å². The van der Waals surface area contributed by atoms with Crippen LogP contribution in [-0.2, 0) is 9.53 Å². The minimum atomic E-state index is -0.896. The average molecular weight is 128 g/mol. The van der Waals surface area contributed by atoms with Crippen LogP contribution in [0.2, 0.25) is 0 Å². The highest BCUT2D eigenvalue weighted by Crippen LogP contribution is 2.16. The predicted octanol–water partition coefficient (Wildman–Crippen LogP) is 0.620. The van der Waals surface area contributed by atoms with Gasteiger partial charge in [0, 0.05) is 5.92 Å². The van der Waals surface area contributed by atoms with Crippen LogP contribution in [0.25, 0.3) is 0 Å². The van der Waals surface area contributed by atoms with E-state index in [1.807, 2.05) is 6.92 Å². The van der Waals surface area contributed by atoms with Crippen molar-refractivity contribution in [2.24, 2.45) is 5.92 Å². The number of ether oxygens (including phenoxy) is 1. The number of hydrogen-bond acceptors (Lipinski definition) is 2. The van der Waals surface area contributed by atoms with E-state index in [4.69, 9.17) is 9.84 Å². The molecule has 1 N–H and O–H groups in total. The standard InChI is InChI=1S/C6H8O3/c1-4-2-3-9-5(4)6(7)8/h2-5H,1H3,(H,7,8). The van der Waals surface area contributed by atoms with E-state index >= 15 is 0 Å². The van der Waals surface area contributed by atoms with Crippen molar-refractivity contribution in [1.29, 1.82) is 0 Å². The number of rotatable bonds is 1. The third kappa shape index (κ3) is 1.04. The zero-order valence-corrected chi connectivity index (χ0v) is 5.07. The number of carboxylic acid groups (broad SMARTS) is 1. The molecule has 0 aromatic rings. The molecule has 0 fully saturated rings. The summed E-state index contributed by atoms with van der Waals surface area (Å²) in [7, 11) is 0. The molecule has 9 heavy (non-hydrogen) atoms. The van der Waals surface area contributed by atoms with Gasteiger partial charge in [-0.05, 0) is 6.08 Å². The highest BCUT2D eigenvalue weighted by atomic mass is 16.5. The third-order valence-electron chi connectivity index (χ3n) is 1.33. The molecule has 0 bridgehead atoms. The van der Waals surface area contributed by atoms with Gasteiger partial charge in [0.05, 0.1) is 6.26 Å². The topological polar surface area (TPSA) is 46.5 Å². The molecular formula is C6H8O3. The van der Waals surface area contributed by atoms with E-state index in [1.165, 1.54) is 6.26 Å². The van der Waals surface area contributed by atoms with Gasteiger partial charge < -0.3 is 9.84 Å². The van der Waals surface area contributed by atoms with Crippen LogP contribution in [0, 0.1) is 5.92 Å². The summed E-state index contributed by atoms with van der Waals surface area (Å²) in [5.41, 5.74) is 0. The maximum absolute atomic E-state index is 10.2. The number of hydrogen-bond donors (Lipinski definition) is 1. The molecule has 2 unspecified atom stereocenters. The van der Waals surface area contributed by atoms with Crippen molar-refractivity contribution in [3.05, 3.63) is 12.3 Å². The lowest BCUT2D eigenvalue weighted by Crippen LogP contribution is -2.24. The molecule has 0 amide bonds. The molecule has 50 valence electrons. The van der Waals surface area contributed by atoms with E-state index in [0.29, 0.717) is 0 Å². The van der Waals surface area contributed by atoms with E-state index in [-0.39, 0.29) is 5.92 Å². The normalized spacial score (nSPS) is 32.1. The van der Waals surface area contributed by atoms with E-state index in [0.717, 1.165) is 0 Å². The quantitative estimate of drug-likeness (QED) is 0.563. The largest absolute Gasteiger partial charge is 0.486 e. The summed E-state index contributed by atoms with van der Waals surface area (Å²) in [6.45, 7) is 1.81. The first kappa shape index (κ1) is 6.13. The van der Waals surface area contributed by atoms with E-state index in [9.17, 15) is 4.79 Å². The first-order valence-corrected chi connectivity index (χ1v) is 2.77. The second kappa shape index (κ2) is 2.09. The van der Waals surface area contributed by atoms with Crippen LogP contribution in [0.3, 0.4) is 0 Å². The lowest BCUT2D eigenvalue weighted by atomic mass is 10.1. The first-order valence-electron chi connectivity index (χ1n) is 2.77. The zero-order valence-electron chi connectivity index (χ0n) is 5.07. The Balaban J connectivity index is 2.55. The monoisotopic (exact) mass is 128 g/mol. The maximum Gasteiger partial charge on any atom is 0.345 e. The molecule has 0 aromatic carbocycles. The fourth-order valence-electron chi connectivity index (χ4n) is 0.762. The van der Waals surface area contributed by atoms with Gasteiger partial charge in [-0.15, -0.1) is 0 Å². The van der Waals surface area contributed by atoms with Crippen LogP contribution in [0.5, 0.6) is 0 Å². The van der Waals surface area contributed by atoms with Crippen LogP contribution in [0.1, 0.15) is 6.92 Å². The Kier molecular flexibility index (Phi) is 1.42. The minimum absolute atomic E-state index is 0.00231. The van der Waals surface area contributed by atoms with E-state index in [1.54, 1.807) is 6.08 Å². The Morgan fingerprint density at radius 2 is 2.44 bits per heavy atom.